The Morgan fingerprint density at radius 2 is 2.00 bits per heavy atom. The van der Waals surface area contributed by atoms with Gasteiger partial charge in [0.25, 0.3) is 0 Å². The molecule has 6 nitrogen and oxygen atoms in total. The van der Waals surface area contributed by atoms with Crippen LogP contribution in [-0.4, -0.2) is 53.6 Å². The average Bonchev–Trinajstić information content (AvgIpc) is 3.38. The van der Waals surface area contributed by atoms with Crippen LogP contribution in [-0.2, 0) is 27.0 Å². The van der Waals surface area contributed by atoms with E-state index in [4.69, 9.17) is 21.1 Å². The highest BCUT2D eigenvalue weighted by Gasteiger charge is 2.42. The predicted molar refractivity (Wildman–Crippen MR) is 116 cm³/mol. The van der Waals surface area contributed by atoms with Crippen molar-refractivity contribution < 1.29 is 27.4 Å². The number of aromatic nitrogens is 2. The molecule has 0 spiro atoms. The van der Waals surface area contributed by atoms with E-state index in [1.165, 1.54) is 0 Å². The summed E-state index contributed by atoms with van der Waals surface area (Å²) in [6.45, 7) is 2.46. The van der Waals surface area contributed by atoms with Crippen molar-refractivity contribution in [2.75, 3.05) is 26.9 Å². The average molecular weight is 486 g/mol. The number of ether oxygens (including phenoxy) is 2. The van der Waals surface area contributed by atoms with Crippen molar-refractivity contribution in [3.05, 3.63) is 51.8 Å². The molecule has 1 aliphatic carbocycles. The van der Waals surface area contributed by atoms with Gasteiger partial charge >= 0.3 is 6.18 Å². The van der Waals surface area contributed by atoms with Crippen molar-refractivity contribution in [3.8, 4) is 0 Å². The van der Waals surface area contributed by atoms with E-state index < -0.39 is 30.4 Å². The number of alkyl halides is 3. The van der Waals surface area contributed by atoms with Gasteiger partial charge in [-0.15, -0.1) is 0 Å². The van der Waals surface area contributed by atoms with E-state index in [0.717, 1.165) is 34.7 Å². The summed E-state index contributed by atoms with van der Waals surface area (Å²) in [5, 5.41) is 4.66. The normalized spacial score (nSPS) is 21.1. The molecule has 180 valence electrons. The van der Waals surface area contributed by atoms with Gasteiger partial charge in [-0.1, -0.05) is 29.8 Å². The molecule has 4 rings (SSSR count). The van der Waals surface area contributed by atoms with Crippen LogP contribution in [0.4, 0.5) is 13.2 Å². The molecule has 0 bridgehead atoms. The Morgan fingerprint density at radius 1 is 1.24 bits per heavy atom. The summed E-state index contributed by atoms with van der Waals surface area (Å²) < 4.78 is 52.7. The number of aryl methyl sites for hydroxylation is 1. The van der Waals surface area contributed by atoms with Gasteiger partial charge in [-0.05, 0) is 43.4 Å². The van der Waals surface area contributed by atoms with E-state index in [2.05, 4.69) is 5.10 Å². The second-order valence-electron chi connectivity index (χ2n) is 8.58. The minimum Gasteiger partial charge on any atom is -0.382 e. The van der Waals surface area contributed by atoms with Crippen LogP contribution in [0.3, 0.4) is 0 Å². The topological polar surface area (TPSA) is 56.6 Å². The Hall–Kier alpha value is -2.10. The van der Waals surface area contributed by atoms with Gasteiger partial charge in [0, 0.05) is 24.6 Å². The fourth-order valence-corrected chi connectivity index (χ4v) is 4.59. The van der Waals surface area contributed by atoms with Gasteiger partial charge in [-0.25, -0.2) is 0 Å². The van der Waals surface area contributed by atoms with Crippen molar-refractivity contribution in [3.63, 3.8) is 0 Å². The zero-order chi connectivity index (χ0) is 23.8. The first-order chi connectivity index (χ1) is 15.7. The SMILES string of the molecule is COCCO[C@@H]1CCN(C(=O)Cn2nc(C3CC3)cc2C(F)(F)F)[C@@H]1c1cccc(C)c1Cl. The highest BCUT2D eigenvalue weighted by Crippen LogP contribution is 2.42. The minimum atomic E-state index is -4.59. The van der Waals surface area contributed by atoms with E-state index in [1.54, 1.807) is 12.0 Å². The quantitative estimate of drug-likeness (QED) is 0.506. The molecular weight excluding hydrogens is 459 g/mol. The maximum atomic E-state index is 13.6. The van der Waals surface area contributed by atoms with Crippen LogP contribution < -0.4 is 0 Å². The minimum absolute atomic E-state index is 0.0478. The zero-order valence-corrected chi connectivity index (χ0v) is 19.3. The van der Waals surface area contributed by atoms with Crippen molar-refractivity contribution in [2.24, 2.45) is 0 Å². The lowest BCUT2D eigenvalue weighted by Crippen LogP contribution is -2.37. The lowest BCUT2D eigenvalue weighted by Gasteiger charge is -2.30. The highest BCUT2D eigenvalue weighted by atomic mass is 35.5. The molecule has 1 aliphatic heterocycles. The van der Waals surface area contributed by atoms with Gasteiger partial charge in [0.1, 0.15) is 12.2 Å². The number of amides is 1. The van der Waals surface area contributed by atoms with Gasteiger partial charge in [0.15, 0.2) is 0 Å². The second kappa shape index (κ2) is 9.64. The summed E-state index contributed by atoms with van der Waals surface area (Å²) in [6, 6.07) is 6.11. The smallest absolute Gasteiger partial charge is 0.382 e. The van der Waals surface area contributed by atoms with E-state index in [9.17, 15) is 18.0 Å². The van der Waals surface area contributed by atoms with Gasteiger partial charge in [-0.3, -0.25) is 9.48 Å². The predicted octanol–water partition coefficient (Wildman–Crippen LogP) is 4.75. The van der Waals surface area contributed by atoms with Crippen LogP contribution in [0.2, 0.25) is 5.02 Å². The van der Waals surface area contributed by atoms with Crippen molar-refractivity contribution in [2.45, 2.75) is 57.0 Å². The number of likely N-dealkylation sites (tertiary alicyclic amines) is 1. The molecule has 1 aromatic heterocycles. The van der Waals surface area contributed by atoms with Gasteiger partial charge in [0.2, 0.25) is 5.91 Å². The molecule has 1 saturated carbocycles. The number of halogens is 4. The number of benzene rings is 1. The molecule has 2 aromatic rings. The van der Waals surface area contributed by atoms with E-state index in [-0.39, 0.29) is 12.0 Å². The third-order valence-corrected chi connectivity index (χ3v) is 6.71. The molecule has 1 amide bonds. The monoisotopic (exact) mass is 485 g/mol. The summed E-state index contributed by atoms with van der Waals surface area (Å²) >= 11 is 6.58. The highest BCUT2D eigenvalue weighted by molar-refractivity contribution is 6.32. The number of rotatable bonds is 8. The molecule has 10 heteroatoms. The maximum Gasteiger partial charge on any atom is 0.433 e. The van der Waals surface area contributed by atoms with Crippen LogP contribution in [0.15, 0.2) is 24.3 Å². The standard InChI is InChI=1S/C23H27ClF3N3O3/c1-14-4-3-5-16(21(14)24)22-18(33-11-10-32-2)8-9-29(22)20(31)13-30-19(23(25,26)27)12-17(28-30)15-6-7-15/h3-5,12,15,18,22H,6-11,13H2,1-2H3/t18-,22-/m1/s1. The number of methoxy groups -OCH3 is 1. The number of hydrogen-bond donors (Lipinski definition) is 0. The molecule has 2 heterocycles. The van der Waals surface area contributed by atoms with Crippen LogP contribution >= 0.6 is 11.6 Å². The third-order valence-electron chi connectivity index (χ3n) is 6.19. The fourth-order valence-electron chi connectivity index (χ4n) is 4.35. The summed E-state index contributed by atoms with van der Waals surface area (Å²) in [4.78, 5) is 14.9. The molecule has 2 aliphatic rings. The Balaban J connectivity index is 1.61. The van der Waals surface area contributed by atoms with Crippen molar-refractivity contribution in [1.29, 1.82) is 0 Å². The number of hydrogen-bond acceptors (Lipinski definition) is 4. The lowest BCUT2D eigenvalue weighted by atomic mass is 9.99. The van der Waals surface area contributed by atoms with Crippen LogP contribution in [0.1, 0.15) is 53.7 Å². The molecule has 0 radical (unpaired) electrons. The summed E-state index contributed by atoms with van der Waals surface area (Å²) in [5.41, 5.74) is 1.08. The zero-order valence-electron chi connectivity index (χ0n) is 18.6. The van der Waals surface area contributed by atoms with Crippen LogP contribution in [0.25, 0.3) is 0 Å². The first-order valence-electron chi connectivity index (χ1n) is 11.0. The van der Waals surface area contributed by atoms with Crippen molar-refractivity contribution >= 4 is 17.5 Å². The summed E-state index contributed by atoms with van der Waals surface area (Å²) in [7, 11) is 1.57. The molecule has 1 saturated heterocycles. The van der Waals surface area contributed by atoms with Gasteiger partial charge in [-0.2, -0.15) is 18.3 Å². The summed E-state index contributed by atoms with van der Waals surface area (Å²) in [6.07, 6.45) is -2.74. The Morgan fingerprint density at radius 3 is 2.67 bits per heavy atom. The lowest BCUT2D eigenvalue weighted by molar-refractivity contribution is -0.146. The third kappa shape index (κ3) is 5.20. The van der Waals surface area contributed by atoms with E-state index in [1.807, 2.05) is 25.1 Å². The largest absolute Gasteiger partial charge is 0.433 e. The summed E-state index contributed by atoms with van der Waals surface area (Å²) in [5.74, 6) is -0.405. The molecule has 1 aromatic carbocycles. The second-order valence-corrected chi connectivity index (χ2v) is 8.96. The number of nitrogens with zero attached hydrogens (tertiary/aromatic N) is 3. The Labute approximate surface area is 195 Å². The molecule has 33 heavy (non-hydrogen) atoms. The Kier molecular flexibility index (Phi) is 7.02. The number of carbonyl (C=O) groups is 1. The molecule has 2 atom stereocenters. The van der Waals surface area contributed by atoms with Crippen LogP contribution in [0.5, 0.6) is 0 Å². The molecule has 0 N–H and O–H groups in total. The first kappa shape index (κ1) is 24.0. The van der Waals surface area contributed by atoms with Crippen molar-refractivity contribution in [1.82, 2.24) is 14.7 Å². The fraction of sp³-hybridized carbons (Fsp3) is 0.565. The van der Waals surface area contributed by atoms with Gasteiger partial charge in [0.05, 0.1) is 31.1 Å². The van der Waals surface area contributed by atoms with E-state index in [0.29, 0.717) is 36.9 Å². The molecule has 2 fully saturated rings. The maximum absolute atomic E-state index is 13.6. The van der Waals surface area contributed by atoms with Crippen LogP contribution in [0, 0.1) is 6.92 Å². The number of carbonyl (C=O) groups excluding carboxylic acids is 1. The molecule has 0 unspecified atom stereocenters. The Bertz CT molecular complexity index is 1010. The molecular formula is C23H27ClF3N3O3. The van der Waals surface area contributed by atoms with E-state index >= 15 is 0 Å². The van der Waals surface area contributed by atoms with Gasteiger partial charge < -0.3 is 14.4 Å². The first-order valence-corrected chi connectivity index (χ1v) is 11.4.